The number of aliphatic hydroxyl groups excluding tert-OH is 1. The van der Waals surface area contributed by atoms with E-state index in [-0.39, 0.29) is 47.3 Å². The van der Waals surface area contributed by atoms with Gasteiger partial charge in [-0.05, 0) is 94.2 Å². The summed E-state index contributed by atoms with van der Waals surface area (Å²) in [7, 11) is 0. The van der Waals surface area contributed by atoms with Crippen LogP contribution in [0.2, 0.25) is 0 Å². The molecule has 6 N–H and O–H groups in total. The van der Waals surface area contributed by atoms with Crippen molar-refractivity contribution in [2.45, 2.75) is 145 Å². The van der Waals surface area contributed by atoms with E-state index in [1.807, 2.05) is 101 Å². The number of aryl methyl sites for hydroxylation is 1. The topological polar surface area (TPSA) is 228 Å². The van der Waals surface area contributed by atoms with Crippen molar-refractivity contribution >= 4 is 64.2 Å². The number of nitrogens with one attached hydrogen (secondary N) is 3. The van der Waals surface area contributed by atoms with Crippen LogP contribution in [0.25, 0.3) is 10.4 Å². The molecule has 2 aromatic carbocycles. The Kier molecular flexibility index (Phi) is 17.8. The van der Waals surface area contributed by atoms with E-state index in [1.165, 1.54) is 29.1 Å². The number of aliphatic hydroxyl groups is 1. The van der Waals surface area contributed by atoms with Gasteiger partial charge >= 0.3 is 0 Å². The Morgan fingerprint density at radius 1 is 0.859 bits per heavy atom. The van der Waals surface area contributed by atoms with Gasteiger partial charge in [0.2, 0.25) is 23.7 Å². The highest BCUT2D eigenvalue weighted by molar-refractivity contribution is 7.99. The zero-order chi connectivity index (χ0) is 55.2. The lowest BCUT2D eigenvalue weighted by atomic mass is 9.79. The number of thiazole rings is 1. The van der Waals surface area contributed by atoms with E-state index < -0.39 is 35.4 Å². The number of anilines is 3. The fourth-order valence-corrected chi connectivity index (χ4v) is 12.8. The summed E-state index contributed by atoms with van der Waals surface area (Å²) in [6.45, 7) is 18.1. The van der Waals surface area contributed by atoms with Crippen molar-refractivity contribution in [3.63, 3.8) is 0 Å². The smallest absolute Gasteiger partial charge is 0.255 e. The normalized spacial score (nSPS) is 19.8. The molecule has 3 aromatic heterocycles. The summed E-state index contributed by atoms with van der Waals surface area (Å²) >= 11 is 3.11. The first-order valence-electron chi connectivity index (χ1n) is 27.6. The number of amides is 4. The number of piperidine rings is 1. The third kappa shape index (κ3) is 14.2. The van der Waals surface area contributed by atoms with Crippen molar-refractivity contribution in [1.29, 1.82) is 0 Å². The van der Waals surface area contributed by atoms with Gasteiger partial charge in [0.25, 0.3) is 5.91 Å². The van der Waals surface area contributed by atoms with Gasteiger partial charge in [-0.1, -0.05) is 82.1 Å². The van der Waals surface area contributed by atoms with E-state index in [4.69, 9.17) is 5.73 Å². The summed E-state index contributed by atoms with van der Waals surface area (Å²) in [5.74, 6) is 0.193. The molecule has 4 aliphatic heterocycles. The lowest BCUT2D eigenvalue weighted by Gasteiger charge is -2.48. The van der Waals surface area contributed by atoms with E-state index >= 15 is 0 Å². The predicted octanol–water partition coefficient (Wildman–Crippen LogP) is 7.64. The molecule has 7 heterocycles. The van der Waals surface area contributed by atoms with Crippen LogP contribution in [0.4, 0.5) is 17.5 Å². The summed E-state index contributed by atoms with van der Waals surface area (Å²) in [6, 6.07) is 13.6. The number of nitrogens with zero attached hydrogens (tertiary/aromatic N) is 9. The van der Waals surface area contributed by atoms with Crippen LogP contribution in [0.1, 0.15) is 126 Å². The van der Waals surface area contributed by atoms with Crippen molar-refractivity contribution < 1.29 is 24.3 Å². The Morgan fingerprint density at radius 3 is 2.27 bits per heavy atom. The summed E-state index contributed by atoms with van der Waals surface area (Å²) < 4.78 is 0. The van der Waals surface area contributed by atoms with Crippen LogP contribution in [0.15, 0.2) is 88.8 Å². The van der Waals surface area contributed by atoms with E-state index in [9.17, 15) is 24.3 Å². The van der Waals surface area contributed by atoms with E-state index in [2.05, 4.69) is 62.5 Å². The molecule has 4 fully saturated rings. The summed E-state index contributed by atoms with van der Waals surface area (Å²) in [5, 5.41) is 20.6. The monoisotopic (exact) mass is 1100 g/mol. The van der Waals surface area contributed by atoms with Gasteiger partial charge in [-0.25, -0.2) is 24.9 Å². The Labute approximate surface area is 467 Å². The van der Waals surface area contributed by atoms with Crippen molar-refractivity contribution in [2.75, 3.05) is 67.5 Å². The first-order valence-corrected chi connectivity index (χ1v) is 29.3. The quantitative estimate of drug-likeness (QED) is 0.0472. The first-order chi connectivity index (χ1) is 37.3. The van der Waals surface area contributed by atoms with Crippen LogP contribution >= 0.6 is 23.1 Å². The molecule has 0 aliphatic carbocycles. The number of unbranched alkanes of at least 4 members (excludes halogenated alkanes) is 4. The van der Waals surface area contributed by atoms with Gasteiger partial charge in [-0.15, -0.1) is 11.3 Å². The highest BCUT2D eigenvalue weighted by Crippen LogP contribution is 2.41. The average molecular weight is 1100 g/mol. The second-order valence-electron chi connectivity index (χ2n) is 23.5. The molecule has 1 spiro atoms. The number of hydrogen-bond donors (Lipinski definition) is 5. The molecular formula is C58H77N13O5S2. The molecule has 20 heteroatoms. The van der Waals surface area contributed by atoms with Crippen LogP contribution in [-0.4, -0.2) is 140 Å². The van der Waals surface area contributed by atoms with Crippen LogP contribution in [0.5, 0.6) is 0 Å². The Morgan fingerprint density at radius 2 is 1.58 bits per heavy atom. The molecule has 4 atom stereocenters. The standard InChI is InChI=1S/C58H77N13O5S2/c1-38(40-16-18-41(19-17-40)50-39(2)64-37-77-50)65-53(75)46-28-44(72)33-71(46)54(76)51(56(3,4)5)67-52(74)42-29-62-55(63-30-42)70-26-22-58(36-70)34-68(35-58)23-11-9-7-8-10-15-48(73)66-43-13-12-14-45(27-43)78-49-32-60-47(31-61-49)69-24-20-57(6,59)21-25-69/h12-14,16-19,27,29-32,37-38,44,46,51,72H,7-11,15,20-26,28,33-36,59H2,1-6H3,(H,65,75)(H,66,73)(H,67,74)/t38-,44+,46-,51+/m0/s1. The van der Waals surface area contributed by atoms with Crippen LogP contribution < -0.4 is 31.5 Å². The lowest BCUT2D eigenvalue weighted by Crippen LogP contribution is -2.57. The Hall–Kier alpha value is -6.06. The molecule has 0 bridgehead atoms. The number of β-amino-alcohol motifs (C(OH)–C–C–N with tert-alkyl or cyclic N) is 1. The zero-order valence-electron chi connectivity index (χ0n) is 46.0. The highest BCUT2D eigenvalue weighted by atomic mass is 32.2. The van der Waals surface area contributed by atoms with Gasteiger partial charge in [0.15, 0.2) is 0 Å². The molecule has 18 nitrogen and oxygen atoms in total. The minimum atomic E-state index is -0.994. The number of benzene rings is 2. The zero-order valence-corrected chi connectivity index (χ0v) is 47.7. The third-order valence-electron chi connectivity index (χ3n) is 15.8. The molecule has 4 saturated heterocycles. The number of rotatable bonds is 20. The summed E-state index contributed by atoms with van der Waals surface area (Å²) in [6.07, 6.45) is 14.5. The van der Waals surface area contributed by atoms with Crippen LogP contribution in [0.3, 0.4) is 0 Å². The molecule has 416 valence electrons. The Balaban J connectivity index is 0.658. The average Bonchev–Trinajstić information content (AvgIpc) is 4.29. The predicted molar refractivity (Wildman–Crippen MR) is 306 cm³/mol. The number of nitrogens with two attached hydrogens (primary N) is 1. The van der Waals surface area contributed by atoms with Crippen LogP contribution in [-0.2, 0) is 14.4 Å². The summed E-state index contributed by atoms with van der Waals surface area (Å²) in [4.78, 5) is 88.0. The van der Waals surface area contributed by atoms with Crippen molar-refractivity contribution in [3.05, 3.63) is 95.6 Å². The van der Waals surface area contributed by atoms with E-state index in [0.717, 1.165) is 140 Å². The molecule has 0 saturated carbocycles. The number of likely N-dealkylation sites (tertiary alicyclic amines) is 2. The fourth-order valence-electron chi connectivity index (χ4n) is 11.2. The molecule has 0 radical (unpaired) electrons. The molecule has 5 aromatic rings. The third-order valence-corrected chi connectivity index (χ3v) is 17.7. The molecule has 78 heavy (non-hydrogen) atoms. The number of carbonyl (C=O) groups is 4. The molecule has 0 unspecified atom stereocenters. The van der Waals surface area contributed by atoms with Crippen molar-refractivity contribution in [3.8, 4) is 10.4 Å². The first kappa shape index (κ1) is 56.7. The van der Waals surface area contributed by atoms with Gasteiger partial charge in [0.05, 0.1) is 46.2 Å². The largest absolute Gasteiger partial charge is 0.391 e. The minimum absolute atomic E-state index is 0.0189. The van der Waals surface area contributed by atoms with Gasteiger partial charge in [0, 0.05) is 92.6 Å². The second kappa shape index (κ2) is 24.5. The fraction of sp³-hybridized carbons (Fsp3) is 0.534. The van der Waals surface area contributed by atoms with Gasteiger partial charge < -0.3 is 46.4 Å². The van der Waals surface area contributed by atoms with Crippen LogP contribution in [0, 0.1) is 17.8 Å². The maximum atomic E-state index is 14.3. The second-order valence-corrected chi connectivity index (χ2v) is 25.4. The molecule has 4 aliphatic rings. The number of aromatic nitrogens is 5. The Bertz CT molecular complexity index is 2860. The van der Waals surface area contributed by atoms with Gasteiger partial charge in [-0.3, -0.25) is 19.2 Å². The maximum absolute atomic E-state index is 14.3. The number of carbonyl (C=O) groups excluding carboxylic acids is 4. The van der Waals surface area contributed by atoms with Crippen molar-refractivity contribution in [2.24, 2.45) is 16.6 Å². The maximum Gasteiger partial charge on any atom is 0.255 e. The van der Waals surface area contributed by atoms with E-state index in [1.54, 1.807) is 11.3 Å². The summed E-state index contributed by atoms with van der Waals surface area (Å²) in [5.41, 5.74) is 11.4. The van der Waals surface area contributed by atoms with Gasteiger partial charge in [0.1, 0.15) is 22.9 Å². The molecule has 4 amide bonds. The van der Waals surface area contributed by atoms with E-state index in [0.29, 0.717) is 12.4 Å². The van der Waals surface area contributed by atoms with Crippen molar-refractivity contribution in [1.82, 2.24) is 45.4 Å². The van der Waals surface area contributed by atoms with Gasteiger partial charge in [-0.2, -0.15) is 0 Å². The number of hydrogen-bond acceptors (Lipinski definition) is 16. The minimum Gasteiger partial charge on any atom is -0.391 e. The lowest BCUT2D eigenvalue weighted by molar-refractivity contribution is -0.142. The molecular weight excluding hydrogens is 1020 g/mol. The highest BCUT2D eigenvalue weighted by Gasteiger charge is 2.48. The molecule has 9 rings (SSSR count). The SMILES string of the molecule is Cc1ncsc1-c1ccc([C@H](C)NC(=O)[C@@H]2C[C@@H](O)CN2C(=O)[C@@H](NC(=O)c2cnc(N3CCC4(CN(CCCCCCCC(=O)Nc5cccc(Sc6cnc(N7CCC(C)(N)CC7)cn6)c5)C4)C3)nc2)C(C)(C)C)cc1.